The molecule has 2 atom stereocenters. The predicted octanol–water partition coefficient (Wildman–Crippen LogP) is 8.40. The van der Waals surface area contributed by atoms with Crippen LogP contribution in [0.25, 0.3) is 0 Å². The van der Waals surface area contributed by atoms with Crippen molar-refractivity contribution in [1.82, 2.24) is 0 Å². The molecule has 0 aromatic heterocycles. The van der Waals surface area contributed by atoms with Crippen LogP contribution in [0.4, 0.5) is 8.78 Å². The van der Waals surface area contributed by atoms with Gasteiger partial charge in [0.2, 0.25) is 5.83 Å². The number of methoxy groups -OCH3 is 1. The van der Waals surface area contributed by atoms with E-state index in [0.717, 1.165) is 24.8 Å². The number of hydrogen-bond donors (Lipinski definition) is 0. The molecular formula is C24H38F2O. The third kappa shape index (κ3) is 11.4. The van der Waals surface area contributed by atoms with Gasteiger partial charge in [-0.3, -0.25) is 0 Å². The largest absolute Gasteiger partial charge is 0.494 e. The Morgan fingerprint density at radius 2 is 1.44 bits per heavy atom. The van der Waals surface area contributed by atoms with Gasteiger partial charge in [0, 0.05) is 5.57 Å². The maximum Gasteiger partial charge on any atom is 0.200 e. The van der Waals surface area contributed by atoms with Crippen LogP contribution < -0.4 is 0 Å². The molecule has 0 bridgehead atoms. The van der Waals surface area contributed by atoms with E-state index in [9.17, 15) is 8.78 Å². The molecular weight excluding hydrogens is 342 g/mol. The van der Waals surface area contributed by atoms with E-state index in [1.165, 1.54) is 13.5 Å². The van der Waals surface area contributed by atoms with Gasteiger partial charge in [0.15, 0.2) is 5.83 Å². The fourth-order valence-electron chi connectivity index (χ4n) is 1.88. The summed E-state index contributed by atoms with van der Waals surface area (Å²) < 4.78 is 32.2. The first-order valence-corrected chi connectivity index (χ1v) is 9.60. The smallest absolute Gasteiger partial charge is 0.200 e. The molecule has 0 heterocycles. The first-order chi connectivity index (χ1) is 12.6. The Morgan fingerprint density at radius 3 is 1.89 bits per heavy atom. The van der Waals surface area contributed by atoms with Crippen LogP contribution in [-0.4, -0.2) is 7.11 Å². The summed E-state index contributed by atoms with van der Waals surface area (Å²) in [5.74, 6) is -1.66. The zero-order chi connectivity index (χ0) is 21.6. The SMILES string of the molecule is C=C(/C=C\C(=C)C(C)CCC(C)CC)C(=C)/C(F)=C(/F)C(=C)OC.CCC. The molecule has 0 aromatic carbocycles. The Labute approximate surface area is 165 Å². The molecule has 0 aliphatic carbocycles. The third-order valence-corrected chi connectivity index (χ3v) is 4.26. The topological polar surface area (TPSA) is 9.23 Å². The number of halogens is 2. The quantitative estimate of drug-likeness (QED) is 0.258. The standard InChI is InChI=1S/C21H30F2O.C3H8/c1-9-14(2)10-11-15(3)16(4)12-13-17(5)18(6)20(22)21(23)19(7)24-8;1-3-2/h12-15H,4-7,9-11H2,1-3,8H3;3H2,1-2H3/b13-12-,21-20-;. The lowest BCUT2D eigenvalue weighted by Gasteiger charge is -2.15. The van der Waals surface area contributed by atoms with Gasteiger partial charge in [0.05, 0.1) is 7.11 Å². The monoisotopic (exact) mass is 380 g/mol. The lowest BCUT2D eigenvalue weighted by molar-refractivity contribution is 0.281. The van der Waals surface area contributed by atoms with Crippen LogP contribution in [0.1, 0.15) is 60.3 Å². The van der Waals surface area contributed by atoms with Gasteiger partial charge in [-0.25, -0.2) is 4.39 Å². The second-order valence-electron chi connectivity index (χ2n) is 6.87. The second kappa shape index (κ2) is 15.2. The minimum atomic E-state index is -1.17. The van der Waals surface area contributed by atoms with Gasteiger partial charge in [-0.2, -0.15) is 4.39 Å². The lowest BCUT2D eigenvalue weighted by atomic mass is 9.91. The first kappa shape index (κ1) is 27.3. The van der Waals surface area contributed by atoms with E-state index in [1.54, 1.807) is 12.2 Å². The second-order valence-corrected chi connectivity index (χ2v) is 6.87. The highest BCUT2D eigenvalue weighted by molar-refractivity contribution is 5.49. The fraction of sp³-hybridized carbons (Fsp3) is 0.500. The molecule has 27 heavy (non-hydrogen) atoms. The highest BCUT2D eigenvalue weighted by atomic mass is 19.2. The molecule has 0 saturated carbocycles. The third-order valence-electron chi connectivity index (χ3n) is 4.26. The first-order valence-electron chi connectivity index (χ1n) is 9.60. The van der Waals surface area contributed by atoms with Crippen molar-refractivity contribution in [1.29, 1.82) is 0 Å². The van der Waals surface area contributed by atoms with Crippen molar-refractivity contribution in [2.24, 2.45) is 11.8 Å². The lowest BCUT2D eigenvalue weighted by Crippen LogP contribution is -2.01. The molecule has 0 aromatic rings. The maximum atomic E-state index is 14.0. The molecule has 0 rings (SSSR count). The van der Waals surface area contributed by atoms with Crippen molar-refractivity contribution < 1.29 is 13.5 Å². The van der Waals surface area contributed by atoms with Crippen molar-refractivity contribution >= 4 is 0 Å². The van der Waals surface area contributed by atoms with Gasteiger partial charge in [-0.1, -0.05) is 97.9 Å². The van der Waals surface area contributed by atoms with Crippen molar-refractivity contribution in [2.75, 3.05) is 7.11 Å². The molecule has 0 aliphatic rings. The Kier molecular flexibility index (Phi) is 15.4. The Bertz CT molecular complexity index is 567. The minimum absolute atomic E-state index is 0.137. The number of ether oxygens (including phenoxy) is 1. The molecule has 2 unspecified atom stereocenters. The number of rotatable bonds is 11. The van der Waals surface area contributed by atoms with E-state index >= 15 is 0 Å². The van der Waals surface area contributed by atoms with E-state index in [-0.39, 0.29) is 16.9 Å². The predicted molar refractivity (Wildman–Crippen MR) is 116 cm³/mol. The van der Waals surface area contributed by atoms with E-state index in [0.29, 0.717) is 11.8 Å². The number of allylic oxidation sites excluding steroid dienone is 7. The summed E-state index contributed by atoms with van der Waals surface area (Å²) in [6.45, 7) is 25.3. The summed E-state index contributed by atoms with van der Waals surface area (Å²) in [5.41, 5.74) is 1.07. The van der Waals surface area contributed by atoms with Crippen LogP contribution in [0.2, 0.25) is 0 Å². The van der Waals surface area contributed by atoms with Crippen molar-refractivity contribution in [3.63, 3.8) is 0 Å². The van der Waals surface area contributed by atoms with E-state index in [1.807, 2.05) is 0 Å². The summed E-state index contributed by atoms with van der Waals surface area (Å²) >= 11 is 0. The van der Waals surface area contributed by atoms with Gasteiger partial charge < -0.3 is 4.74 Å². The van der Waals surface area contributed by atoms with Crippen LogP contribution in [0.5, 0.6) is 0 Å². The highest BCUT2D eigenvalue weighted by Crippen LogP contribution is 2.27. The van der Waals surface area contributed by atoms with Gasteiger partial charge >= 0.3 is 0 Å². The van der Waals surface area contributed by atoms with Gasteiger partial charge in [-0.15, -0.1) is 0 Å². The highest BCUT2D eigenvalue weighted by Gasteiger charge is 2.15. The molecule has 0 fully saturated rings. The van der Waals surface area contributed by atoms with Gasteiger partial charge in [-0.05, 0) is 23.8 Å². The van der Waals surface area contributed by atoms with Crippen LogP contribution >= 0.6 is 0 Å². The number of hydrogen-bond acceptors (Lipinski definition) is 1. The van der Waals surface area contributed by atoms with Crippen molar-refractivity contribution in [3.05, 3.63) is 72.6 Å². The molecule has 0 saturated heterocycles. The van der Waals surface area contributed by atoms with Crippen LogP contribution in [0.15, 0.2) is 72.6 Å². The maximum absolute atomic E-state index is 14.0. The van der Waals surface area contributed by atoms with E-state index in [2.05, 4.69) is 65.7 Å². The zero-order valence-corrected chi connectivity index (χ0v) is 18.1. The molecule has 0 aliphatic heterocycles. The Balaban J connectivity index is 0. The summed E-state index contributed by atoms with van der Waals surface area (Å²) in [7, 11) is 1.22. The normalized spacial score (nSPS) is 13.8. The molecule has 1 nitrogen and oxygen atoms in total. The van der Waals surface area contributed by atoms with Gasteiger partial charge in [0.1, 0.15) is 5.76 Å². The van der Waals surface area contributed by atoms with Crippen molar-refractivity contribution in [3.8, 4) is 0 Å². The molecule has 3 heteroatoms. The molecule has 0 spiro atoms. The summed E-state index contributed by atoms with van der Waals surface area (Å²) in [6, 6.07) is 0. The molecule has 0 amide bonds. The average Bonchev–Trinajstić information content (AvgIpc) is 2.67. The van der Waals surface area contributed by atoms with Crippen LogP contribution in [0, 0.1) is 11.8 Å². The van der Waals surface area contributed by atoms with Crippen LogP contribution in [-0.2, 0) is 4.74 Å². The van der Waals surface area contributed by atoms with Gasteiger partial charge in [0.25, 0.3) is 0 Å². The van der Waals surface area contributed by atoms with E-state index in [4.69, 9.17) is 0 Å². The molecule has 154 valence electrons. The Hall–Kier alpha value is -1.90. The van der Waals surface area contributed by atoms with Crippen molar-refractivity contribution in [2.45, 2.75) is 60.3 Å². The summed E-state index contributed by atoms with van der Waals surface area (Å²) in [4.78, 5) is 0. The average molecular weight is 381 g/mol. The van der Waals surface area contributed by atoms with Crippen LogP contribution in [0.3, 0.4) is 0 Å². The zero-order valence-electron chi connectivity index (χ0n) is 18.1. The van der Waals surface area contributed by atoms with E-state index < -0.39 is 11.7 Å². The summed E-state index contributed by atoms with van der Waals surface area (Å²) in [5, 5.41) is 0. The molecule has 0 radical (unpaired) electrons. The summed E-state index contributed by atoms with van der Waals surface area (Å²) in [6.07, 6.45) is 7.98. The Morgan fingerprint density at radius 1 is 0.926 bits per heavy atom. The fourth-order valence-corrected chi connectivity index (χ4v) is 1.88. The molecule has 0 N–H and O–H groups in total. The minimum Gasteiger partial charge on any atom is -0.494 e.